The molecular formula is C20H27BrN2O3S. The molecule has 1 aliphatic heterocycles. The zero-order valence-electron chi connectivity index (χ0n) is 15.5. The Bertz CT molecular complexity index is 782. The molecule has 1 aromatic carbocycles. The Morgan fingerprint density at radius 2 is 1.85 bits per heavy atom. The highest BCUT2D eigenvalue weighted by Crippen LogP contribution is 2.25. The molecule has 0 atom stereocenters. The number of piperidine rings is 1. The number of hydrogen-bond donors (Lipinski definition) is 1. The molecule has 0 saturated carbocycles. The largest absolute Gasteiger partial charge is 0.356 e. The average molecular weight is 455 g/mol. The first-order valence-corrected chi connectivity index (χ1v) is 11.9. The quantitative estimate of drug-likeness (QED) is 0.663. The summed E-state index contributed by atoms with van der Waals surface area (Å²) in [5.41, 5.74) is 1.46. The first-order chi connectivity index (χ1) is 13.0. The van der Waals surface area contributed by atoms with Crippen LogP contribution in [0.15, 0.2) is 45.3 Å². The lowest BCUT2D eigenvalue weighted by Gasteiger charge is -2.30. The summed E-state index contributed by atoms with van der Waals surface area (Å²) in [6, 6.07) is 6.68. The van der Waals surface area contributed by atoms with Gasteiger partial charge in [0.25, 0.3) is 0 Å². The topological polar surface area (TPSA) is 66.5 Å². The molecule has 7 heteroatoms. The molecule has 1 amide bonds. The van der Waals surface area contributed by atoms with E-state index in [0.717, 1.165) is 23.7 Å². The molecule has 1 aromatic rings. The molecule has 1 fully saturated rings. The second-order valence-electron chi connectivity index (χ2n) is 7.28. The number of nitrogens with zero attached hydrogens (tertiary/aromatic N) is 1. The number of carbonyl (C=O) groups is 1. The number of carbonyl (C=O) groups excluding carboxylic acids is 1. The fraction of sp³-hybridized carbons (Fsp3) is 0.550. The number of sulfonamides is 1. The summed E-state index contributed by atoms with van der Waals surface area (Å²) in [4.78, 5) is 12.7. The van der Waals surface area contributed by atoms with Crippen LogP contribution >= 0.6 is 15.9 Å². The molecular weight excluding hydrogens is 428 g/mol. The molecule has 1 saturated heterocycles. The number of nitrogens with one attached hydrogen (secondary N) is 1. The van der Waals surface area contributed by atoms with Crippen molar-refractivity contribution >= 4 is 31.9 Å². The minimum Gasteiger partial charge on any atom is -0.356 e. The number of halogens is 1. The standard InChI is InChI=1S/C20H27BrN2O3S/c21-18-6-8-19(9-7-18)27(25,26)23-14-11-17(12-15-23)20(24)22-13-10-16-4-2-1-3-5-16/h4,6-9,17H,1-3,5,10-15H2,(H,22,24). The maximum atomic E-state index is 12.7. The van der Waals surface area contributed by atoms with Gasteiger partial charge in [0.2, 0.25) is 15.9 Å². The molecule has 27 heavy (non-hydrogen) atoms. The van der Waals surface area contributed by atoms with Gasteiger partial charge >= 0.3 is 0 Å². The van der Waals surface area contributed by atoms with Gasteiger partial charge in [-0.1, -0.05) is 27.6 Å². The molecule has 5 nitrogen and oxygen atoms in total. The van der Waals surface area contributed by atoms with E-state index in [1.165, 1.54) is 22.7 Å². The molecule has 0 spiro atoms. The van der Waals surface area contributed by atoms with Crippen molar-refractivity contribution in [2.24, 2.45) is 5.92 Å². The molecule has 1 N–H and O–H groups in total. The Morgan fingerprint density at radius 3 is 2.48 bits per heavy atom. The van der Waals surface area contributed by atoms with Gasteiger partial charge in [-0.15, -0.1) is 0 Å². The van der Waals surface area contributed by atoms with Crippen molar-refractivity contribution in [2.45, 2.75) is 49.8 Å². The third-order valence-corrected chi connectivity index (χ3v) is 7.85. The summed E-state index contributed by atoms with van der Waals surface area (Å²) in [7, 11) is -3.49. The molecule has 0 radical (unpaired) electrons. The van der Waals surface area contributed by atoms with Crippen molar-refractivity contribution in [3.8, 4) is 0 Å². The lowest BCUT2D eigenvalue weighted by atomic mass is 9.96. The SMILES string of the molecule is O=C(NCCC1=CCCCC1)C1CCN(S(=O)(=O)c2ccc(Br)cc2)CC1. The summed E-state index contributed by atoms with van der Waals surface area (Å²) in [6.07, 6.45) is 9.23. The van der Waals surface area contributed by atoms with E-state index in [-0.39, 0.29) is 11.8 Å². The van der Waals surface area contributed by atoms with E-state index in [9.17, 15) is 13.2 Å². The van der Waals surface area contributed by atoms with Gasteiger partial charge in [-0.3, -0.25) is 4.79 Å². The van der Waals surface area contributed by atoms with Crippen LogP contribution in [0.4, 0.5) is 0 Å². The van der Waals surface area contributed by atoms with Crippen LogP contribution < -0.4 is 5.32 Å². The van der Waals surface area contributed by atoms with Gasteiger partial charge in [-0.05, 0) is 69.2 Å². The first-order valence-electron chi connectivity index (χ1n) is 9.68. The second kappa shape index (κ2) is 9.34. The number of amides is 1. The van der Waals surface area contributed by atoms with Crippen LogP contribution in [0.2, 0.25) is 0 Å². The normalized spacial score (nSPS) is 19.5. The van der Waals surface area contributed by atoms with Crippen molar-refractivity contribution in [1.82, 2.24) is 9.62 Å². The zero-order chi connectivity index (χ0) is 19.3. The Hall–Kier alpha value is -1.18. The van der Waals surface area contributed by atoms with Crippen LogP contribution in [0.5, 0.6) is 0 Å². The zero-order valence-corrected chi connectivity index (χ0v) is 17.9. The molecule has 2 aliphatic rings. The van der Waals surface area contributed by atoms with Crippen molar-refractivity contribution in [3.05, 3.63) is 40.4 Å². The van der Waals surface area contributed by atoms with Crippen LogP contribution in [0, 0.1) is 5.92 Å². The summed E-state index contributed by atoms with van der Waals surface area (Å²) in [6.45, 7) is 1.46. The number of benzene rings is 1. The lowest BCUT2D eigenvalue weighted by Crippen LogP contribution is -2.43. The van der Waals surface area contributed by atoms with E-state index < -0.39 is 10.0 Å². The maximum absolute atomic E-state index is 12.7. The van der Waals surface area contributed by atoms with Gasteiger partial charge in [0.15, 0.2) is 0 Å². The smallest absolute Gasteiger partial charge is 0.243 e. The molecule has 148 valence electrons. The van der Waals surface area contributed by atoms with E-state index in [0.29, 0.717) is 37.4 Å². The summed E-state index contributed by atoms with van der Waals surface area (Å²) >= 11 is 3.32. The van der Waals surface area contributed by atoms with E-state index in [4.69, 9.17) is 0 Å². The highest BCUT2D eigenvalue weighted by molar-refractivity contribution is 9.10. The predicted molar refractivity (Wildman–Crippen MR) is 110 cm³/mol. The fourth-order valence-electron chi connectivity index (χ4n) is 3.74. The summed E-state index contributed by atoms with van der Waals surface area (Å²) < 4.78 is 27.8. The highest BCUT2D eigenvalue weighted by atomic mass is 79.9. The maximum Gasteiger partial charge on any atom is 0.243 e. The molecule has 0 unspecified atom stereocenters. The average Bonchev–Trinajstić information content (AvgIpc) is 2.69. The Balaban J connectivity index is 1.47. The number of hydrogen-bond acceptors (Lipinski definition) is 3. The first kappa shape index (κ1) is 20.6. The van der Waals surface area contributed by atoms with Crippen molar-refractivity contribution in [2.75, 3.05) is 19.6 Å². The van der Waals surface area contributed by atoms with Crippen LogP contribution in [0.1, 0.15) is 44.9 Å². The molecule has 1 heterocycles. The second-order valence-corrected chi connectivity index (χ2v) is 10.1. The Labute approximate surface area is 170 Å². The molecule has 0 aromatic heterocycles. The van der Waals surface area contributed by atoms with Gasteiger partial charge in [0.1, 0.15) is 0 Å². The highest BCUT2D eigenvalue weighted by Gasteiger charge is 2.31. The van der Waals surface area contributed by atoms with Crippen molar-refractivity contribution < 1.29 is 13.2 Å². The predicted octanol–water partition coefficient (Wildman–Crippen LogP) is 3.86. The van der Waals surface area contributed by atoms with Gasteiger partial charge in [-0.25, -0.2) is 8.42 Å². The van der Waals surface area contributed by atoms with E-state index in [2.05, 4.69) is 27.3 Å². The number of allylic oxidation sites excluding steroid dienone is 1. The third-order valence-electron chi connectivity index (χ3n) is 5.41. The van der Waals surface area contributed by atoms with Gasteiger partial charge in [0, 0.05) is 30.0 Å². The Morgan fingerprint density at radius 1 is 1.15 bits per heavy atom. The third kappa shape index (κ3) is 5.42. The molecule has 0 bridgehead atoms. The van der Waals surface area contributed by atoms with Crippen LogP contribution in [-0.2, 0) is 14.8 Å². The monoisotopic (exact) mass is 454 g/mol. The Kier molecular flexibility index (Phi) is 7.11. The summed E-state index contributed by atoms with van der Waals surface area (Å²) in [5.74, 6) is -0.0335. The van der Waals surface area contributed by atoms with Crippen LogP contribution in [-0.4, -0.2) is 38.3 Å². The minimum absolute atomic E-state index is 0.0621. The van der Waals surface area contributed by atoms with Gasteiger partial charge < -0.3 is 5.32 Å². The van der Waals surface area contributed by atoms with Gasteiger partial charge in [0.05, 0.1) is 4.90 Å². The minimum atomic E-state index is -3.49. The van der Waals surface area contributed by atoms with E-state index in [1.54, 1.807) is 24.3 Å². The van der Waals surface area contributed by atoms with E-state index in [1.807, 2.05) is 0 Å². The van der Waals surface area contributed by atoms with Crippen LogP contribution in [0.3, 0.4) is 0 Å². The van der Waals surface area contributed by atoms with Crippen molar-refractivity contribution in [3.63, 3.8) is 0 Å². The lowest BCUT2D eigenvalue weighted by molar-refractivity contribution is -0.126. The van der Waals surface area contributed by atoms with E-state index >= 15 is 0 Å². The van der Waals surface area contributed by atoms with Crippen LogP contribution in [0.25, 0.3) is 0 Å². The fourth-order valence-corrected chi connectivity index (χ4v) is 5.47. The van der Waals surface area contributed by atoms with Crippen molar-refractivity contribution in [1.29, 1.82) is 0 Å². The summed E-state index contributed by atoms with van der Waals surface area (Å²) in [5, 5.41) is 3.04. The molecule has 3 rings (SSSR count). The van der Waals surface area contributed by atoms with Gasteiger partial charge in [-0.2, -0.15) is 4.31 Å². The molecule has 1 aliphatic carbocycles. The number of rotatable bonds is 6.